The molecule has 0 aromatic rings. The summed E-state index contributed by atoms with van der Waals surface area (Å²) < 4.78 is 0. The Morgan fingerprint density at radius 1 is 1.50 bits per heavy atom. The van der Waals surface area contributed by atoms with E-state index in [2.05, 4.69) is 11.8 Å². The molecule has 0 bridgehead atoms. The van der Waals surface area contributed by atoms with Crippen LogP contribution in [0.2, 0.25) is 0 Å². The predicted molar refractivity (Wildman–Crippen MR) is 32.2 cm³/mol. The number of rotatable bonds is 1. The van der Waals surface area contributed by atoms with Gasteiger partial charge < -0.3 is 5.11 Å². The molecule has 0 aromatic carbocycles. The van der Waals surface area contributed by atoms with Gasteiger partial charge in [0.1, 0.15) is 0 Å². The first kappa shape index (κ1) is 5.65. The van der Waals surface area contributed by atoms with Crippen molar-refractivity contribution >= 4 is 0 Å². The van der Waals surface area contributed by atoms with Crippen molar-refractivity contribution in [3.63, 3.8) is 0 Å². The summed E-state index contributed by atoms with van der Waals surface area (Å²) in [4.78, 5) is 0. The molecular weight excluding hydrogens is 100 g/mol. The van der Waals surface area contributed by atoms with Gasteiger partial charge >= 0.3 is 0 Å². The molecule has 1 N–H and O–H groups in total. The van der Waals surface area contributed by atoms with Crippen molar-refractivity contribution in [3.05, 3.63) is 0 Å². The van der Waals surface area contributed by atoms with Gasteiger partial charge in [0, 0.05) is 12.3 Å². The Kier molecular flexibility index (Phi) is 1.93. The molecule has 0 aliphatic heterocycles. The summed E-state index contributed by atoms with van der Waals surface area (Å²) in [6.45, 7) is 0.208. The van der Waals surface area contributed by atoms with E-state index in [1.807, 2.05) is 0 Å². The number of hydrogen-bond acceptors (Lipinski definition) is 1. The Morgan fingerprint density at radius 3 is 2.75 bits per heavy atom. The number of aliphatic hydroxyl groups is 1. The highest BCUT2D eigenvalue weighted by Gasteiger charge is 2.17. The first-order valence-electron chi connectivity index (χ1n) is 3.02. The smallest absolute Gasteiger partial charge is 0.0540 e. The second-order valence-corrected chi connectivity index (χ2v) is 2.07. The van der Waals surface area contributed by atoms with Gasteiger partial charge in [0.25, 0.3) is 0 Å². The normalized spacial score (nSPS) is 17.1. The van der Waals surface area contributed by atoms with Gasteiger partial charge in [0.15, 0.2) is 0 Å². The molecule has 1 aliphatic carbocycles. The third-order valence-corrected chi connectivity index (χ3v) is 1.12. The second kappa shape index (κ2) is 2.74. The molecule has 0 amide bonds. The molecule has 1 rings (SSSR count). The van der Waals surface area contributed by atoms with Crippen molar-refractivity contribution < 1.29 is 5.11 Å². The van der Waals surface area contributed by atoms with Crippen LogP contribution in [0.4, 0.5) is 0 Å². The average Bonchev–Trinajstić information content (AvgIpc) is 2.51. The molecule has 0 atom stereocenters. The first-order valence-corrected chi connectivity index (χ1v) is 3.02. The van der Waals surface area contributed by atoms with E-state index in [1.54, 1.807) is 0 Å². The van der Waals surface area contributed by atoms with Crippen LogP contribution in [0.1, 0.15) is 19.3 Å². The first-order chi connectivity index (χ1) is 3.93. The van der Waals surface area contributed by atoms with Crippen molar-refractivity contribution in [1.82, 2.24) is 0 Å². The minimum absolute atomic E-state index is 0.208. The highest BCUT2D eigenvalue weighted by Crippen LogP contribution is 2.27. The Labute approximate surface area is 49.7 Å². The van der Waals surface area contributed by atoms with Crippen LogP contribution in [0.5, 0.6) is 0 Å². The van der Waals surface area contributed by atoms with Crippen molar-refractivity contribution in [1.29, 1.82) is 0 Å². The zero-order valence-electron chi connectivity index (χ0n) is 4.85. The van der Waals surface area contributed by atoms with Crippen LogP contribution in [0.15, 0.2) is 0 Å². The Bertz CT molecular complexity index is 114. The van der Waals surface area contributed by atoms with E-state index in [9.17, 15) is 0 Å². The molecule has 8 heavy (non-hydrogen) atoms. The zero-order chi connectivity index (χ0) is 5.82. The van der Waals surface area contributed by atoms with Gasteiger partial charge in [-0.3, -0.25) is 0 Å². The molecule has 0 spiro atoms. The molecule has 44 valence electrons. The van der Waals surface area contributed by atoms with Crippen molar-refractivity contribution in [3.8, 4) is 11.8 Å². The molecule has 0 aromatic heterocycles. The molecule has 1 heteroatoms. The van der Waals surface area contributed by atoms with Gasteiger partial charge in [-0.15, -0.1) is 5.92 Å². The third-order valence-electron chi connectivity index (χ3n) is 1.12. The van der Waals surface area contributed by atoms with E-state index in [4.69, 9.17) is 5.11 Å². The minimum atomic E-state index is 0.208. The fourth-order valence-electron chi connectivity index (χ4n) is 0.500. The Balaban J connectivity index is 2.05. The lowest BCUT2D eigenvalue weighted by molar-refractivity contribution is 0.305. The van der Waals surface area contributed by atoms with Crippen LogP contribution in [0, 0.1) is 17.8 Å². The van der Waals surface area contributed by atoms with E-state index in [1.165, 1.54) is 12.8 Å². The summed E-state index contributed by atoms with van der Waals surface area (Å²) >= 11 is 0. The van der Waals surface area contributed by atoms with Gasteiger partial charge in [0.2, 0.25) is 0 Å². The molecule has 1 saturated carbocycles. The van der Waals surface area contributed by atoms with Crippen molar-refractivity contribution in [2.24, 2.45) is 5.92 Å². The number of hydrogen-bond donors (Lipinski definition) is 1. The lowest BCUT2D eigenvalue weighted by atomic mass is 10.4. The maximum atomic E-state index is 8.30. The van der Waals surface area contributed by atoms with E-state index < -0.39 is 0 Å². The molecule has 0 radical (unpaired) electrons. The second-order valence-electron chi connectivity index (χ2n) is 2.07. The van der Waals surface area contributed by atoms with Gasteiger partial charge in [-0.2, -0.15) is 0 Å². The highest BCUT2D eigenvalue weighted by molar-refractivity contribution is 5.08. The maximum absolute atomic E-state index is 8.30. The largest absolute Gasteiger partial charge is 0.395 e. The summed E-state index contributed by atoms with van der Waals surface area (Å²) in [5, 5.41) is 8.30. The molecular formula is C7H10O. The fraction of sp³-hybridized carbons (Fsp3) is 0.714. The molecule has 1 fully saturated rings. The maximum Gasteiger partial charge on any atom is 0.0540 e. The minimum Gasteiger partial charge on any atom is -0.395 e. The Morgan fingerprint density at radius 2 is 2.25 bits per heavy atom. The molecule has 1 nitrogen and oxygen atoms in total. The molecule has 0 saturated heterocycles. The van der Waals surface area contributed by atoms with Crippen LogP contribution in [0.3, 0.4) is 0 Å². The predicted octanol–water partition coefficient (Wildman–Crippen LogP) is 0.782. The SMILES string of the molecule is OCCC#CC1CC1. The lowest BCUT2D eigenvalue weighted by Gasteiger charge is -1.75. The molecule has 0 unspecified atom stereocenters. The lowest BCUT2D eigenvalue weighted by Crippen LogP contribution is -1.75. The van der Waals surface area contributed by atoms with Crippen LogP contribution < -0.4 is 0 Å². The van der Waals surface area contributed by atoms with Crippen LogP contribution >= 0.6 is 0 Å². The molecule has 1 aliphatic rings. The van der Waals surface area contributed by atoms with E-state index in [0.29, 0.717) is 12.3 Å². The van der Waals surface area contributed by atoms with Crippen molar-refractivity contribution in [2.45, 2.75) is 19.3 Å². The fourth-order valence-corrected chi connectivity index (χ4v) is 0.500. The summed E-state index contributed by atoms with van der Waals surface area (Å²) in [6, 6.07) is 0. The van der Waals surface area contributed by atoms with Crippen LogP contribution in [-0.4, -0.2) is 11.7 Å². The average molecular weight is 110 g/mol. The van der Waals surface area contributed by atoms with E-state index >= 15 is 0 Å². The van der Waals surface area contributed by atoms with E-state index in [0.717, 1.165) is 0 Å². The van der Waals surface area contributed by atoms with Gasteiger partial charge in [0.05, 0.1) is 6.61 Å². The Hall–Kier alpha value is -0.480. The molecule has 0 heterocycles. The summed E-state index contributed by atoms with van der Waals surface area (Å²) in [6.07, 6.45) is 3.20. The standard InChI is InChI=1S/C7H10O/c8-6-2-1-3-7-4-5-7/h7-8H,2,4-6H2. The van der Waals surface area contributed by atoms with Gasteiger partial charge in [-0.25, -0.2) is 0 Å². The summed E-state index contributed by atoms with van der Waals surface area (Å²) in [5.41, 5.74) is 0. The summed E-state index contributed by atoms with van der Waals surface area (Å²) in [5.74, 6) is 6.63. The monoisotopic (exact) mass is 110 g/mol. The van der Waals surface area contributed by atoms with E-state index in [-0.39, 0.29) is 6.61 Å². The highest BCUT2D eigenvalue weighted by atomic mass is 16.2. The van der Waals surface area contributed by atoms with Crippen LogP contribution in [0.25, 0.3) is 0 Å². The van der Waals surface area contributed by atoms with Crippen LogP contribution in [-0.2, 0) is 0 Å². The topological polar surface area (TPSA) is 20.2 Å². The quantitative estimate of drug-likeness (QED) is 0.494. The third kappa shape index (κ3) is 1.99. The summed E-state index contributed by atoms with van der Waals surface area (Å²) in [7, 11) is 0. The number of aliphatic hydroxyl groups excluding tert-OH is 1. The van der Waals surface area contributed by atoms with Gasteiger partial charge in [-0.05, 0) is 12.8 Å². The van der Waals surface area contributed by atoms with Crippen molar-refractivity contribution in [2.75, 3.05) is 6.61 Å². The zero-order valence-corrected chi connectivity index (χ0v) is 4.85. The van der Waals surface area contributed by atoms with Gasteiger partial charge in [-0.1, -0.05) is 5.92 Å².